The van der Waals surface area contributed by atoms with Gasteiger partial charge in [0.15, 0.2) is 0 Å². The van der Waals surface area contributed by atoms with Crippen LogP contribution in [0.2, 0.25) is 0 Å². The maximum Gasteiger partial charge on any atom is 0.260 e. The second kappa shape index (κ2) is 4.81. The Morgan fingerprint density at radius 3 is 2.80 bits per heavy atom. The summed E-state index contributed by atoms with van der Waals surface area (Å²) >= 11 is 0. The highest BCUT2D eigenvalue weighted by atomic mass is 16.1. The molecule has 0 bridgehead atoms. The number of nitrogens with zero attached hydrogens (tertiary/aromatic N) is 2. The molecule has 2 heterocycles. The van der Waals surface area contributed by atoms with Crippen molar-refractivity contribution in [3.05, 3.63) is 70.3 Å². The molecular formula is C16H15N3O. The van der Waals surface area contributed by atoms with Crippen LogP contribution in [0.3, 0.4) is 0 Å². The lowest BCUT2D eigenvalue weighted by Crippen LogP contribution is -2.24. The molecule has 0 amide bonds. The minimum absolute atomic E-state index is 0.0781. The van der Waals surface area contributed by atoms with Crippen molar-refractivity contribution in [2.75, 3.05) is 5.73 Å². The Bertz CT molecular complexity index is 836. The fraction of sp³-hybridized carbons (Fsp3) is 0.125. The van der Waals surface area contributed by atoms with Gasteiger partial charge in [-0.1, -0.05) is 24.3 Å². The smallest absolute Gasteiger partial charge is 0.260 e. The van der Waals surface area contributed by atoms with E-state index >= 15 is 0 Å². The lowest BCUT2D eigenvalue weighted by molar-refractivity contribution is 0.752. The number of fused-ring (bicyclic) bond motifs is 1. The van der Waals surface area contributed by atoms with Crippen molar-refractivity contribution >= 4 is 16.6 Å². The Hall–Kier alpha value is -2.62. The maximum absolute atomic E-state index is 12.5. The van der Waals surface area contributed by atoms with Crippen molar-refractivity contribution in [3.63, 3.8) is 0 Å². The average molecular weight is 265 g/mol. The summed E-state index contributed by atoms with van der Waals surface area (Å²) in [7, 11) is 0. The summed E-state index contributed by atoms with van der Waals surface area (Å²) in [5, 5.41) is 1.54. The van der Waals surface area contributed by atoms with E-state index in [0.717, 1.165) is 16.6 Å². The predicted molar refractivity (Wildman–Crippen MR) is 80.7 cm³/mol. The maximum atomic E-state index is 12.5. The Morgan fingerprint density at radius 1 is 1.20 bits per heavy atom. The van der Waals surface area contributed by atoms with Crippen molar-refractivity contribution in [2.45, 2.75) is 13.5 Å². The molecular weight excluding hydrogens is 250 g/mol. The number of aromatic nitrogens is 2. The van der Waals surface area contributed by atoms with E-state index in [-0.39, 0.29) is 5.56 Å². The fourth-order valence-corrected chi connectivity index (χ4v) is 2.31. The third-order valence-corrected chi connectivity index (χ3v) is 3.48. The van der Waals surface area contributed by atoms with Crippen LogP contribution in [0.4, 0.5) is 5.82 Å². The van der Waals surface area contributed by atoms with Gasteiger partial charge in [-0.05, 0) is 36.1 Å². The van der Waals surface area contributed by atoms with Gasteiger partial charge >= 0.3 is 0 Å². The third kappa shape index (κ3) is 2.05. The third-order valence-electron chi connectivity index (χ3n) is 3.48. The summed E-state index contributed by atoms with van der Waals surface area (Å²) in [5.41, 5.74) is 7.85. The summed E-state index contributed by atoms with van der Waals surface area (Å²) in [5.74, 6) is 0.457. The van der Waals surface area contributed by atoms with E-state index in [1.807, 2.05) is 49.4 Å². The molecule has 2 aromatic heterocycles. The quantitative estimate of drug-likeness (QED) is 0.773. The van der Waals surface area contributed by atoms with Gasteiger partial charge in [-0.2, -0.15) is 0 Å². The number of hydrogen-bond acceptors (Lipinski definition) is 3. The van der Waals surface area contributed by atoms with Gasteiger partial charge < -0.3 is 5.73 Å². The second-order valence-corrected chi connectivity index (χ2v) is 4.81. The molecule has 0 radical (unpaired) electrons. The number of benzene rings is 1. The number of aryl methyl sites for hydroxylation is 1. The molecule has 4 nitrogen and oxygen atoms in total. The summed E-state index contributed by atoms with van der Waals surface area (Å²) in [4.78, 5) is 16.8. The molecule has 0 aliphatic rings. The van der Waals surface area contributed by atoms with E-state index in [4.69, 9.17) is 5.73 Å². The lowest BCUT2D eigenvalue weighted by atomic mass is 10.1. The molecule has 0 saturated carbocycles. The van der Waals surface area contributed by atoms with Crippen molar-refractivity contribution in [1.82, 2.24) is 9.55 Å². The highest BCUT2D eigenvalue weighted by molar-refractivity contribution is 5.83. The van der Waals surface area contributed by atoms with Crippen LogP contribution in [0.15, 0.2) is 53.5 Å². The molecule has 0 saturated heterocycles. The SMILES string of the molecule is Cc1cccnc1Cn1c(N)cc2ccccc2c1=O. The van der Waals surface area contributed by atoms with Crippen molar-refractivity contribution in [3.8, 4) is 0 Å². The van der Waals surface area contributed by atoms with Crippen LogP contribution in [0.5, 0.6) is 0 Å². The van der Waals surface area contributed by atoms with E-state index in [1.54, 1.807) is 10.8 Å². The summed E-state index contributed by atoms with van der Waals surface area (Å²) < 4.78 is 1.57. The first-order valence-corrected chi connectivity index (χ1v) is 6.45. The van der Waals surface area contributed by atoms with Gasteiger partial charge in [-0.15, -0.1) is 0 Å². The minimum Gasteiger partial charge on any atom is -0.385 e. The number of nitrogens with two attached hydrogens (primary N) is 1. The van der Waals surface area contributed by atoms with Crippen molar-refractivity contribution in [2.24, 2.45) is 0 Å². The molecule has 3 rings (SSSR count). The highest BCUT2D eigenvalue weighted by Gasteiger charge is 2.09. The van der Waals surface area contributed by atoms with Gasteiger partial charge in [0.1, 0.15) is 5.82 Å². The van der Waals surface area contributed by atoms with E-state index in [1.165, 1.54) is 0 Å². The normalized spacial score (nSPS) is 10.8. The first-order valence-electron chi connectivity index (χ1n) is 6.45. The molecule has 0 fully saturated rings. The molecule has 0 unspecified atom stereocenters. The van der Waals surface area contributed by atoms with Crippen LogP contribution in [0.1, 0.15) is 11.3 Å². The molecule has 0 atom stereocenters. The molecule has 3 aromatic rings. The summed E-state index contributed by atoms with van der Waals surface area (Å²) in [6.07, 6.45) is 1.73. The standard InChI is InChI=1S/C16H15N3O/c1-11-5-4-8-18-14(11)10-19-15(17)9-12-6-2-3-7-13(12)16(19)20/h2-9H,10,17H2,1H3. The Labute approximate surface area is 116 Å². The number of anilines is 1. The Kier molecular flexibility index (Phi) is 2.99. The van der Waals surface area contributed by atoms with Crippen LogP contribution >= 0.6 is 0 Å². The molecule has 4 heteroatoms. The zero-order valence-electron chi connectivity index (χ0n) is 11.2. The predicted octanol–water partition coefficient (Wildman–Crippen LogP) is 2.34. The second-order valence-electron chi connectivity index (χ2n) is 4.81. The lowest BCUT2D eigenvalue weighted by Gasteiger charge is -2.12. The van der Waals surface area contributed by atoms with E-state index < -0.39 is 0 Å². The van der Waals surface area contributed by atoms with Crippen LogP contribution < -0.4 is 11.3 Å². The molecule has 100 valence electrons. The van der Waals surface area contributed by atoms with Gasteiger partial charge in [0.05, 0.1) is 12.2 Å². The summed E-state index contributed by atoms with van der Waals surface area (Å²) in [6.45, 7) is 2.37. The van der Waals surface area contributed by atoms with Gasteiger partial charge in [-0.25, -0.2) is 0 Å². The van der Waals surface area contributed by atoms with Gasteiger partial charge in [0.25, 0.3) is 5.56 Å². The minimum atomic E-state index is -0.0781. The Morgan fingerprint density at radius 2 is 2.00 bits per heavy atom. The average Bonchev–Trinajstić information content (AvgIpc) is 2.45. The molecule has 0 aliphatic carbocycles. The van der Waals surface area contributed by atoms with E-state index in [9.17, 15) is 4.79 Å². The fourth-order valence-electron chi connectivity index (χ4n) is 2.31. The number of rotatable bonds is 2. The van der Waals surface area contributed by atoms with E-state index in [2.05, 4.69) is 4.98 Å². The molecule has 2 N–H and O–H groups in total. The Balaban J connectivity index is 2.17. The van der Waals surface area contributed by atoms with Crippen LogP contribution in [0.25, 0.3) is 10.8 Å². The molecule has 0 spiro atoms. The van der Waals surface area contributed by atoms with Gasteiger partial charge in [0, 0.05) is 11.6 Å². The monoisotopic (exact) mass is 265 g/mol. The van der Waals surface area contributed by atoms with Gasteiger partial charge in [-0.3, -0.25) is 14.3 Å². The van der Waals surface area contributed by atoms with Gasteiger partial charge in [0.2, 0.25) is 0 Å². The van der Waals surface area contributed by atoms with Crippen LogP contribution in [0, 0.1) is 6.92 Å². The van der Waals surface area contributed by atoms with E-state index in [0.29, 0.717) is 17.7 Å². The summed E-state index contributed by atoms with van der Waals surface area (Å²) in [6, 6.07) is 13.2. The zero-order valence-corrected chi connectivity index (χ0v) is 11.2. The molecule has 0 aliphatic heterocycles. The molecule has 1 aromatic carbocycles. The molecule has 20 heavy (non-hydrogen) atoms. The number of nitrogen functional groups attached to an aromatic ring is 1. The largest absolute Gasteiger partial charge is 0.385 e. The number of pyridine rings is 2. The van der Waals surface area contributed by atoms with Crippen molar-refractivity contribution < 1.29 is 0 Å². The first kappa shape index (κ1) is 12.4. The van der Waals surface area contributed by atoms with Crippen LogP contribution in [-0.2, 0) is 6.54 Å². The number of hydrogen-bond donors (Lipinski definition) is 1. The van der Waals surface area contributed by atoms with Crippen LogP contribution in [-0.4, -0.2) is 9.55 Å². The van der Waals surface area contributed by atoms with Crippen molar-refractivity contribution in [1.29, 1.82) is 0 Å². The zero-order chi connectivity index (χ0) is 14.1. The highest BCUT2D eigenvalue weighted by Crippen LogP contribution is 2.15. The topological polar surface area (TPSA) is 60.9 Å². The first-order chi connectivity index (χ1) is 9.66.